The summed E-state index contributed by atoms with van der Waals surface area (Å²) >= 11 is 1.54. The largest absolute Gasteiger partial charge is 0.454 e. The minimum Gasteiger partial charge on any atom is -0.454 e. The van der Waals surface area contributed by atoms with Crippen molar-refractivity contribution >= 4 is 29.2 Å². The van der Waals surface area contributed by atoms with Crippen LogP contribution in [0.3, 0.4) is 0 Å². The Hall–Kier alpha value is -3.05. The first-order valence-corrected chi connectivity index (χ1v) is 8.73. The second kappa shape index (κ2) is 8.36. The molecule has 0 spiro atoms. The van der Waals surface area contributed by atoms with Gasteiger partial charge in [0.25, 0.3) is 0 Å². The summed E-state index contributed by atoms with van der Waals surface area (Å²) in [7, 11) is 0. The van der Waals surface area contributed by atoms with E-state index in [4.69, 9.17) is 4.74 Å². The Morgan fingerprint density at radius 1 is 0.962 bits per heavy atom. The van der Waals surface area contributed by atoms with Crippen LogP contribution in [0.2, 0.25) is 0 Å². The van der Waals surface area contributed by atoms with Gasteiger partial charge in [0.2, 0.25) is 5.78 Å². The fourth-order valence-electron chi connectivity index (χ4n) is 2.30. The molecule has 0 saturated carbocycles. The first-order valence-electron chi connectivity index (χ1n) is 7.91. The van der Waals surface area contributed by atoms with Crippen LogP contribution < -0.4 is 0 Å². The zero-order valence-electron chi connectivity index (χ0n) is 13.7. The Bertz CT molecular complexity index is 945. The summed E-state index contributed by atoms with van der Waals surface area (Å²) in [6, 6.07) is 19.4. The van der Waals surface area contributed by atoms with Gasteiger partial charge < -0.3 is 4.74 Å². The van der Waals surface area contributed by atoms with Crippen LogP contribution in [0.4, 0.5) is 4.39 Å². The van der Waals surface area contributed by atoms with Crippen molar-refractivity contribution in [2.24, 2.45) is 0 Å². The SMILES string of the molecule is O=C(/C=C/c1ccc(-c2ccccc2)s1)OCC(=O)c1ccccc1F. The van der Waals surface area contributed by atoms with Crippen molar-refractivity contribution in [3.63, 3.8) is 0 Å². The summed E-state index contributed by atoms with van der Waals surface area (Å²) in [6.45, 7) is -0.496. The van der Waals surface area contributed by atoms with Gasteiger partial charge in [-0.05, 0) is 35.9 Å². The lowest BCUT2D eigenvalue weighted by molar-refractivity contribution is -0.136. The zero-order valence-corrected chi connectivity index (χ0v) is 14.5. The van der Waals surface area contributed by atoms with Gasteiger partial charge in [-0.2, -0.15) is 0 Å². The molecule has 0 aliphatic carbocycles. The highest BCUT2D eigenvalue weighted by molar-refractivity contribution is 7.16. The molecule has 3 rings (SSSR count). The zero-order chi connectivity index (χ0) is 18.4. The van der Waals surface area contributed by atoms with E-state index in [-0.39, 0.29) is 5.56 Å². The quantitative estimate of drug-likeness (QED) is 0.350. The minimum atomic E-state index is -0.649. The van der Waals surface area contributed by atoms with Gasteiger partial charge >= 0.3 is 5.97 Å². The van der Waals surface area contributed by atoms with Crippen LogP contribution in [-0.2, 0) is 9.53 Å². The smallest absolute Gasteiger partial charge is 0.331 e. The lowest BCUT2D eigenvalue weighted by Crippen LogP contribution is -2.13. The van der Waals surface area contributed by atoms with Gasteiger partial charge in [0.15, 0.2) is 6.61 Å². The number of hydrogen-bond acceptors (Lipinski definition) is 4. The van der Waals surface area contributed by atoms with Crippen molar-refractivity contribution in [3.8, 4) is 10.4 Å². The maximum absolute atomic E-state index is 13.5. The van der Waals surface area contributed by atoms with Crippen LogP contribution in [-0.4, -0.2) is 18.4 Å². The molecule has 0 aliphatic heterocycles. The number of ketones is 1. The number of halogens is 1. The van der Waals surface area contributed by atoms with Crippen LogP contribution in [0, 0.1) is 5.82 Å². The highest BCUT2D eigenvalue weighted by Gasteiger charge is 2.12. The Kier molecular flexibility index (Phi) is 5.71. The Morgan fingerprint density at radius 3 is 2.46 bits per heavy atom. The van der Waals surface area contributed by atoms with Crippen LogP contribution in [0.5, 0.6) is 0 Å². The molecule has 0 aliphatic rings. The number of carbonyl (C=O) groups is 2. The summed E-state index contributed by atoms with van der Waals surface area (Å²) in [6.07, 6.45) is 2.89. The van der Waals surface area contributed by atoms with E-state index in [1.807, 2.05) is 42.5 Å². The third kappa shape index (κ3) is 4.52. The molecule has 26 heavy (non-hydrogen) atoms. The lowest BCUT2D eigenvalue weighted by Gasteiger charge is -2.02. The molecule has 0 fully saturated rings. The maximum Gasteiger partial charge on any atom is 0.331 e. The maximum atomic E-state index is 13.5. The van der Waals surface area contributed by atoms with E-state index < -0.39 is 24.2 Å². The number of rotatable bonds is 6. The molecule has 0 bridgehead atoms. The van der Waals surface area contributed by atoms with E-state index in [1.165, 1.54) is 24.3 Å². The standard InChI is InChI=1S/C21H15FO3S/c22-18-9-5-4-8-17(18)19(23)14-25-21(24)13-11-16-10-12-20(26-16)15-6-2-1-3-7-15/h1-13H,14H2/b13-11+. The number of carbonyl (C=O) groups excluding carboxylic acids is 2. The molecule has 2 aromatic carbocycles. The van der Waals surface area contributed by atoms with Crippen LogP contribution in [0.15, 0.2) is 72.8 Å². The van der Waals surface area contributed by atoms with E-state index in [0.29, 0.717) is 0 Å². The van der Waals surface area contributed by atoms with Crippen LogP contribution in [0.1, 0.15) is 15.2 Å². The van der Waals surface area contributed by atoms with E-state index in [2.05, 4.69) is 0 Å². The Balaban J connectivity index is 1.56. The second-order valence-electron chi connectivity index (χ2n) is 5.41. The van der Waals surface area contributed by atoms with Crippen molar-refractivity contribution in [2.75, 3.05) is 6.61 Å². The minimum absolute atomic E-state index is 0.0879. The van der Waals surface area contributed by atoms with Crippen molar-refractivity contribution < 1.29 is 18.7 Å². The summed E-state index contributed by atoms with van der Waals surface area (Å²) < 4.78 is 18.4. The monoisotopic (exact) mass is 366 g/mol. The fraction of sp³-hybridized carbons (Fsp3) is 0.0476. The molecule has 0 atom stereocenters. The average molecular weight is 366 g/mol. The number of hydrogen-bond donors (Lipinski definition) is 0. The van der Waals surface area contributed by atoms with Gasteiger partial charge in [0.05, 0.1) is 5.56 Å². The average Bonchev–Trinajstić information content (AvgIpc) is 3.14. The number of Topliss-reactive ketones (excluding diaryl/α,β-unsaturated/α-hetero) is 1. The Morgan fingerprint density at radius 2 is 1.69 bits per heavy atom. The molecule has 5 heteroatoms. The molecule has 0 saturated heterocycles. The van der Waals surface area contributed by atoms with E-state index >= 15 is 0 Å². The molecule has 1 aromatic heterocycles. The molecule has 0 amide bonds. The predicted molar refractivity (Wildman–Crippen MR) is 100 cm³/mol. The third-order valence-electron chi connectivity index (χ3n) is 3.59. The normalized spacial score (nSPS) is 10.8. The van der Waals surface area contributed by atoms with Crippen molar-refractivity contribution in [3.05, 3.63) is 89.1 Å². The summed E-state index contributed by atoms with van der Waals surface area (Å²) in [5.74, 6) is -1.85. The molecule has 0 N–H and O–H groups in total. The molecule has 1 heterocycles. The molecular formula is C21H15FO3S. The highest BCUT2D eigenvalue weighted by Crippen LogP contribution is 2.28. The molecule has 3 aromatic rings. The van der Waals surface area contributed by atoms with Gasteiger partial charge in [-0.15, -0.1) is 11.3 Å². The summed E-state index contributed by atoms with van der Waals surface area (Å²) in [4.78, 5) is 25.6. The number of ether oxygens (including phenoxy) is 1. The molecular weight excluding hydrogens is 351 g/mol. The molecule has 130 valence electrons. The van der Waals surface area contributed by atoms with Crippen molar-refractivity contribution in [1.29, 1.82) is 0 Å². The van der Waals surface area contributed by atoms with E-state index in [1.54, 1.807) is 23.5 Å². The second-order valence-corrected chi connectivity index (χ2v) is 6.53. The molecule has 0 unspecified atom stereocenters. The van der Waals surface area contributed by atoms with E-state index in [0.717, 1.165) is 15.3 Å². The van der Waals surface area contributed by atoms with Crippen molar-refractivity contribution in [1.82, 2.24) is 0 Å². The summed E-state index contributed by atoms with van der Waals surface area (Å²) in [5, 5.41) is 0. The molecule has 0 radical (unpaired) electrons. The fourth-order valence-corrected chi connectivity index (χ4v) is 3.22. The first kappa shape index (κ1) is 17.8. The predicted octanol–water partition coefficient (Wildman–Crippen LogP) is 4.99. The van der Waals surface area contributed by atoms with Gasteiger partial charge in [0.1, 0.15) is 5.82 Å². The van der Waals surface area contributed by atoms with Crippen molar-refractivity contribution in [2.45, 2.75) is 0 Å². The summed E-state index contributed by atoms with van der Waals surface area (Å²) in [5.41, 5.74) is 1.02. The van der Waals surface area contributed by atoms with Gasteiger partial charge in [-0.25, -0.2) is 9.18 Å². The highest BCUT2D eigenvalue weighted by atomic mass is 32.1. The lowest BCUT2D eigenvalue weighted by atomic mass is 10.1. The van der Waals surface area contributed by atoms with Crippen LogP contribution >= 0.6 is 11.3 Å². The van der Waals surface area contributed by atoms with Gasteiger partial charge in [0, 0.05) is 15.8 Å². The Labute approximate surface area is 154 Å². The number of thiophene rings is 1. The molecule has 3 nitrogen and oxygen atoms in total. The third-order valence-corrected chi connectivity index (χ3v) is 4.69. The van der Waals surface area contributed by atoms with Crippen LogP contribution in [0.25, 0.3) is 16.5 Å². The number of benzene rings is 2. The number of esters is 1. The van der Waals surface area contributed by atoms with E-state index in [9.17, 15) is 14.0 Å². The first-order chi connectivity index (χ1) is 12.6. The van der Waals surface area contributed by atoms with Gasteiger partial charge in [-0.1, -0.05) is 42.5 Å². The van der Waals surface area contributed by atoms with Gasteiger partial charge in [-0.3, -0.25) is 4.79 Å². The topological polar surface area (TPSA) is 43.4 Å².